The number of alkyl halides is 2. The molecule has 0 atom stereocenters. The van der Waals surface area contributed by atoms with Crippen molar-refractivity contribution in [3.8, 4) is 5.75 Å². The van der Waals surface area contributed by atoms with E-state index in [2.05, 4.69) is 20.6 Å². The molecule has 160 valence electrons. The first kappa shape index (κ1) is 23.4. The summed E-state index contributed by atoms with van der Waals surface area (Å²) in [4.78, 5) is 8.56. The van der Waals surface area contributed by atoms with Crippen LogP contribution in [0.4, 0.5) is 8.78 Å². The number of nitrogens with zero attached hydrogens (tertiary/aromatic N) is 3. The lowest BCUT2D eigenvalue weighted by Gasteiger charge is -2.14. The lowest BCUT2D eigenvalue weighted by atomic mass is 10.1. The van der Waals surface area contributed by atoms with Gasteiger partial charge < -0.3 is 15.4 Å². The van der Waals surface area contributed by atoms with Crippen LogP contribution in [0.25, 0.3) is 0 Å². The third-order valence-electron chi connectivity index (χ3n) is 4.52. The molecule has 0 aliphatic heterocycles. The summed E-state index contributed by atoms with van der Waals surface area (Å²) in [6.07, 6.45) is 5.11. The van der Waals surface area contributed by atoms with Crippen LogP contribution in [0.15, 0.2) is 35.6 Å². The molecule has 1 saturated carbocycles. The molecule has 0 bridgehead atoms. The Hall–Kier alpha value is -1.91. The van der Waals surface area contributed by atoms with E-state index in [1.807, 2.05) is 32.0 Å². The number of halogens is 3. The van der Waals surface area contributed by atoms with Crippen LogP contribution in [0, 0.1) is 12.8 Å². The van der Waals surface area contributed by atoms with Gasteiger partial charge in [0.15, 0.2) is 5.96 Å². The SMILES string of the molecule is CCNC(=NCc1ccc(C)cc1OCC1CC1)NCc1nccn1C(F)F.I. The Kier molecular flexibility index (Phi) is 9.12. The summed E-state index contributed by atoms with van der Waals surface area (Å²) in [5.74, 6) is 2.33. The molecule has 1 aromatic carbocycles. The fraction of sp³-hybridized carbons (Fsp3) is 0.500. The molecule has 29 heavy (non-hydrogen) atoms. The number of hydrogen-bond donors (Lipinski definition) is 2. The molecule has 1 aliphatic carbocycles. The van der Waals surface area contributed by atoms with Crippen LogP contribution in [0.5, 0.6) is 5.75 Å². The number of ether oxygens (including phenoxy) is 1. The summed E-state index contributed by atoms with van der Waals surface area (Å²) in [6.45, 7) is 3.36. The zero-order chi connectivity index (χ0) is 19.9. The van der Waals surface area contributed by atoms with Crippen LogP contribution in [0.3, 0.4) is 0 Å². The number of aliphatic imine (C=N–C) groups is 1. The number of nitrogens with one attached hydrogen (secondary N) is 2. The second-order valence-electron chi connectivity index (χ2n) is 6.94. The lowest BCUT2D eigenvalue weighted by Crippen LogP contribution is -2.37. The first-order valence-corrected chi connectivity index (χ1v) is 9.61. The monoisotopic (exact) mass is 519 g/mol. The molecule has 0 saturated heterocycles. The van der Waals surface area contributed by atoms with E-state index in [1.165, 1.54) is 25.2 Å². The van der Waals surface area contributed by atoms with Crippen LogP contribution >= 0.6 is 24.0 Å². The molecule has 9 heteroatoms. The van der Waals surface area contributed by atoms with Crippen molar-refractivity contribution < 1.29 is 13.5 Å². The van der Waals surface area contributed by atoms with Gasteiger partial charge in [-0.25, -0.2) is 9.98 Å². The predicted octanol–water partition coefficient (Wildman–Crippen LogP) is 4.25. The van der Waals surface area contributed by atoms with E-state index in [0.717, 1.165) is 28.1 Å². The van der Waals surface area contributed by atoms with Gasteiger partial charge in [0.05, 0.1) is 19.7 Å². The summed E-state index contributed by atoms with van der Waals surface area (Å²) in [6, 6.07) is 6.09. The van der Waals surface area contributed by atoms with Gasteiger partial charge in [0.1, 0.15) is 11.6 Å². The maximum absolute atomic E-state index is 12.9. The van der Waals surface area contributed by atoms with Gasteiger partial charge in [-0.2, -0.15) is 8.78 Å². The maximum Gasteiger partial charge on any atom is 0.319 e. The molecule has 0 amide bonds. The standard InChI is InChI=1S/C20H27F2N5O.HI/c1-3-23-20(26-12-18-24-8-9-27(18)19(21)22)25-11-16-7-4-14(2)10-17(16)28-13-15-5-6-15;/h4,7-10,15,19H,3,5-6,11-13H2,1-2H3,(H2,23,25,26);1H. The Morgan fingerprint density at radius 1 is 1.34 bits per heavy atom. The van der Waals surface area contributed by atoms with Gasteiger partial charge in [-0.05, 0) is 44.2 Å². The normalized spacial score (nSPS) is 13.9. The Labute approximate surface area is 187 Å². The number of aromatic nitrogens is 2. The van der Waals surface area contributed by atoms with E-state index in [9.17, 15) is 8.78 Å². The molecule has 0 radical (unpaired) electrons. The van der Waals surface area contributed by atoms with Crippen LogP contribution in [0.1, 0.15) is 43.3 Å². The van der Waals surface area contributed by atoms with Crippen molar-refractivity contribution in [3.05, 3.63) is 47.5 Å². The van der Waals surface area contributed by atoms with Crippen molar-refractivity contribution in [1.82, 2.24) is 20.2 Å². The fourth-order valence-corrected chi connectivity index (χ4v) is 2.75. The highest BCUT2D eigenvalue weighted by atomic mass is 127. The zero-order valence-corrected chi connectivity index (χ0v) is 19.0. The van der Waals surface area contributed by atoms with Crippen molar-refractivity contribution in [1.29, 1.82) is 0 Å². The quantitative estimate of drug-likeness (QED) is 0.296. The first-order valence-electron chi connectivity index (χ1n) is 9.61. The summed E-state index contributed by atoms with van der Waals surface area (Å²) < 4.78 is 32.7. The van der Waals surface area contributed by atoms with Crippen LogP contribution in [0.2, 0.25) is 0 Å². The minimum atomic E-state index is -2.61. The summed E-state index contributed by atoms with van der Waals surface area (Å²) >= 11 is 0. The second-order valence-corrected chi connectivity index (χ2v) is 6.94. The average molecular weight is 519 g/mol. The van der Waals surface area contributed by atoms with E-state index in [-0.39, 0.29) is 36.3 Å². The molecule has 0 unspecified atom stereocenters. The number of imidazole rings is 1. The molecule has 1 heterocycles. The van der Waals surface area contributed by atoms with Crippen molar-refractivity contribution in [3.63, 3.8) is 0 Å². The van der Waals surface area contributed by atoms with Gasteiger partial charge in [-0.15, -0.1) is 24.0 Å². The highest BCUT2D eigenvalue weighted by molar-refractivity contribution is 14.0. The molecular formula is C20H28F2IN5O. The predicted molar refractivity (Wildman–Crippen MR) is 120 cm³/mol. The van der Waals surface area contributed by atoms with Crippen LogP contribution in [-0.2, 0) is 13.1 Å². The summed E-state index contributed by atoms with van der Waals surface area (Å²) in [7, 11) is 0. The zero-order valence-electron chi connectivity index (χ0n) is 16.7. The molecule has 2 N–H and O–H groups in total. The van der Waals surface area contributed by atoms with E-state index in [1.54, 1.807) is 0 Å². The molecule has 1 aliphatic rings. The molecule has 2 aromatic rings. The third-order valence-corrected chi connectivity index (χ3v) is 4.52. The molecule has 3 rings (SSSR count). The highest BCUT2D eigenvalue weighted by Gasteiger charge is 2.22. The van der Waals surface area contributed by atoms with Crippen LogP contribution in [-0.4, -0.2) is 28.7 Å². The third kappa shape index (κ3) is 7.13. The van der Waals surface area contributed by atoms with E-state index in [0.29, 0.717) is 25.0 Å². The van der Waals surface area contributed by atoms with Gasteiger partial charge in [-0.3, -0.25) is 4.57 Å². The molecule has 1 fully saturated rings. The topological polar surface area (TPSA) is 63.5 Å². The van der Waals surface area contributed by atoms with E-state index >= 15 is 0 Å². The van der Waals surface area contributed by atoms with Gasteiger partial charge >= 0.3 is 6.55 Å². The highest BCUT2D eigenvalue weighted by Crippen LogP contribution is 2.31. The Morgan fingerprint density at radius 3 is 2.83 bits per heavy atom. The van der Waals surface area contributed by atoms with Crippen molar-refractivity contribution in [2.75, 3.05) is 13.2 Å². The smallest absolute Gasteiger partial charge is 0.319 e. The largest absolute Gasteiger partial charge is 0.493 e. The number of hydrogen-bond acceptors (Lipinski definition) is 3. The Morgan fingerprint density at radius 2 is 2.14 bits per heavy atom. The number of rotatable bonds is 9. The van der Waals surface area contributed by atoms with Crippen LogP contribution < -0.4 is 15.4 Å². The minimum Gasteiger partial charge on any atom is -0.493 e. The second kappa shape index (κ2) is 11.3. The first-order chi connectivity index (χ1) is 13.6. The fourth-order valence-electron chi connectivity index (χ4n) is 2.75. The van der Waals surface area contributed by atoms with Crippen molar-refractivity contribution >= 4 is 29.9 Å². The van der Waals surface area contributed by atoms with Crippen molar-refractivity contribution in [2.45, 2.75) is 46.3 Å². The molecule has 6 nitrogen and oxygen atoms in total. The number of guanidine groups is 1. The van der Waals surface area contributed by atoms with Gasteiger partial charge in [-0.1, -0.05) is 12.1 Å². The van der Waals surface area contributed by atoms with Crippen molar-refractivity contribution in [2.24, 2.45) is 10.9 Å². The van der Waals surface area contributed by atoms with Gasteiger partial charge in [0.25, 0.3) is 0 Å². The van der Waals surface area contributed by atoms with Gasteiger partial charge in [0.2, 0.25) is 0 Å². The molecule has 1 aromatic heterocycles. The summed E-state index contributed by atoms with van der Waals surface area (Å²) in [5, 5.41) is 6.19. The Balaban J connectivity index is 0.00000300. The van der Waals surface area contributed by atoms with Gasteiger partial charge in [0, 0.05) is 24.5 Å². The molecule has 0 spiro atoms. The average Bonchev–Trinajstić information content (AvgIpc) is 3.38. The molecular weight excluding hydrogens is 491 g/mol. The van der Waals surface area contributed by atoms with E-state index in [4.69, 9.17) is 4.74 Å². The lowest BCUT2D eigenvalue weighted by molar-refractivity contribution is 0.0668. The minimum absolute atomic E-state index is 0. The Bertz CT molecular complexity index is 808. The maximum atomic E-state index is 12.9. The van der Waals surface area contributed by atoms with E-state index < -0.39 is 6.55 Å². The number of aryl methyl sites for hydroxylation is 1. The number of benzene rings is 1. The summed E-state index contributed by atoms with van der Waals surface area (Å²) in [5.41, 5.74) is 2.14.